The van der Waals surface area contributed by atoms with Gasteiger partial charge in [0.05, 0.1) is 24.2 Å². The summed E-state index contributed by atoms with van der Waals surface area (Å²) in [5.74, 6) is -0.111. The van der Waals surface area contributed by atoms with Crippen LogP contribution in [0.25, 0.3) is 11.0 Å². The second kappa shape index (κ2) is 7.77. The molecule has 0 aliphatic carbocycles. The maximum Gasteiger partial charge on any atom is 0.264 e. The maximum absolute atomic E-state index is 12.8. The summed E-state index contributed by atoms with van der Waals surface area (Å²) in [4.78, 5) is 29.9. The molecule has 0 saturated carbocycles. The van der Waals surface area contributed by atoms with E-state index in [1.165, 1.54) is 11.3 Å². The van der Waals surface area contributed by atoms with Gasteiger partial charge >= 0.3 is 0 Å². The van der Waals surface area contributed by atoms with Crippen LogP contribution in [0.5, 0.6) is 0 Å². The van der Waals surface area contributed by atoms with Crippen LogP contribution >= 0.6 is 11.3 Å². The third kappa shape index (κ3) is 3.72. The second-order valence-corrected chi connectivity index (χ2v) is 7.45. The first-order valence-electron chi connectivity index (χ1n) is 8.90. The summed E-state index contributed by atoms with van der Waals surface area (Å²) >= 11 is 1.40. The van der Waals surface area contributed by atoms with Crippen LogP contribution in [-0.4, -0.2) is 31.8 Å². The molecule has 142 valence electrons. The summed E-state index contributed by atoms with van der Waals surface area (Å²) < 4.78 is 3.23. The largest absolute Gasteiger partial charge is 0.349 e. The number of carbonyl (C=O) groups excluding carboxylic acids is 1. The van der Waals surface area contributed by atoms with Crippen molar-refractivity contribution in [2.45, 2.75) is 20.0 Å². The van der Waals surface area contributed by atoms with E-state index in [-0.39, 0.29) is 11.5 Å². The van der Waals surface area contributed by atoms with Gasteiger partial charge in [0.15, 0.2) is 5.65 Å². The molecular formula is C20H19N5O2S. The molecule has 0 aliphatic rings. The first kappa shape index (κ1) is 18.1. The van der Waals surface area contributed by atoms with Crippen LogP contribution in [0.15, 0.2) is 59.1 Å². The van der Waals surface area contributed by atoms with Crippen molar-refractivity contribution in [3.63, 3.8) is 0 Å². The molecule has 3 aromatic heterocycles. The molecule has 0 saturated heterocycles. The van der Waals surface area contributed by atoms with Crippen LogP contribution in [-0.2, 0) is 13.1 Å². The van der Waals surface area contributed by atoms with E-state index in [1.807, 2.05) is 36.6 Å². The fourth-order valence-electron chi connectivity index (χ4n) is 3.05. The minimum atomic E-state index is -0.125. The molecule has 0 fully saturated rings. The van der Waals surface area contributed by atoms with Crippen molar-refractivity contribution >= 4 is 28.3 Å². The molecule has 8 heteroatoms. The summed E-state index contributed by atoms with van der Waals surface area (Å²) in [5.41, 5.74) is 2.60. The molecule has 4 aromatic rings. The van der Waals surface area contributed by atoms with Crippen LogP contribution in [0.1, 0.15) is 20.8 Å². The van der Waals surface area contributed by atoms with Gasteiger partial charge in [-0.2, -0.15) is 5.10 Å². The zero-order valence-electron chi connectivity index (χ0n) is 15.3. The van der Waals surface area contributed by atoms with Crippen LogP contribution in [0.4, 0.5) is 0 Å². The normalized spacial score (nSPS) is 11.0. The van der Waals surface area contributed by atoms with Gasteiger partial charge in [-0.15, -0.1) is 11.3 Å². The maximum atomic E-state index is 12.8. The summed E-state index contributed by atoms with van der Waals surface area (Å²) in [6.45, 7) is 3.33. The number of rotatable bonds is 6. The molecule has 0 atom stereocenters. The molecule has 3 heterocycles. The standard InChI is InChI=1S/C20H19N5O2S/c1-14-4-2-5-15(10-14)12-24-13-22-18-16(20(24)27)11-23-25(18)8-7-21-19(26)17-6-3-9-28-17/h2-6,9-11,13H,7-8,12H2,1H3,(H,21,26). The van der Waals surface area contributed by atoms with Gasteiger partial charge in [-0.25, -0.2) is 9.67 Å². The van der Waals surface area contributed by atoms with Gasteiger partial charge in [0.2, 0.25) is 0 Å². The average molecular weight is 393 g/mol. The summed E-state index contributed by atoms with van der Waals surface area (Å²) in [6.07, 6.45) is 3.09. The van der Waals surface area contributed by atoms with Gasteiger partial charge in [0.25, 0.3) is 11.5 Å². The van der Waals surface area contributed by atoms with Crippen molar-refractivity contribution in [2.75, 3.05) is 6.54 Å². The fourth-order valence-corrected chi connectivity index (χ4v) is 3.69. The summed E-state index contributed by atoms with van der Waals surface area (Å²) in [7, 11) is 0. The lowest BCUT2D eigenvalue weighted by Crippen LogP contribution is -2.27. The Bertz CT molecular complexity index is 1180. The van der Waals surface area contributed by atoms with Gasteiger partial charge < -0.3 is 5.32 Å². The Kier molecular flexibility index (Phi) is 5.03. The van der Waals surface area contributed by atoms with E-state index in [4.69, 9.17) is 0 Å². The SMILES string of the molecule is Cc1cccc(Cn2cnc3c(cnn3CCNC(=O)c3cccs3)c2=O)c1. The van der Waals surface area contributed by atoms with Gasteiger partial charge in [-0.05, 0) is 23.9 Å². The lowest BCUT2D eigenvalue weighted by Gasteiger charge is -2.07. The highest BCUT2D eigenvalue weighted by molar-refractivity contribution is 7.12. The van der Waals surface area contributed by atoms with Crippen molar-refractivity contribution in [3.8, 4) is 0 Å². The molecule has 7 nitrogen and oxygen atoms in total. The number of fused-ring (bicyclic) bond motifs is 1. The number of carbonyl (C=O) groups is 1. The number of benzene rings is 1. The molecule has 28 heavy (non-hydrogen) atoms. The number of aromatic nitrogens is 4. The lowest BCUT2D eigenvalue weighted by molar-refractivity contribution is 0.0956. The van der Waals surface area contributed by atoms with Gasteiger partial charge in [0.1, 0.15) is 11.7 Å². The molecular weight excluding hydrogens is 374 g/mol. The molecule has 0 aliphatic heterocycles. The van der Waals surface area contributed by atoms with Crippen LogP contribution in [0.2, 0.25) is 0 Å². The Labute approximate surface area is 165 Å². The highest BCUT2D eigenvalue weighted by Crippen LogP contribution is 2.09. The zero-order valence-corrected chi connectivity index (χ0v) is 16.1. The summed E-state index contributed by atoms with van der Waals surface area (Å²) in [6, 6.07) is 11.7. The number of thiophene rings is 1. The van der Waals surface area contributed by atoms with Crippen molar-refractivity contribution in [2.24, 2.45) is 0 Å². The fraction of sp³-hybridized carbons (Fsp3) is 0.200. The molecule has 0 spiro atoms. The van der Waals surface area contributed by atoms with E-state index >= 15 is 0 Å². The number of aryl methyl sites for hydroxylation is 1. The Morgan fingerprint density at radius 2 is 2.14 bits per heavy atom. The smallest absolute Gasteiger partial charge is 0.264 e. The van der Waals surface area contributed by atoms with Crippen molar-refractivity contribution in [1.29, 1.82) is 0 Å². The first-order valence-corrected chi connectivity index (χ1v) is 9.78. The first-order chi connectivity index (χ1) is 13.6. The van der Waals surface area contributed by atoms with E-state index in [1.54, 1.807) is 27.8 Å². The molecule has 0 radical (unpaired) electrons. The Morgan fingerprint density at radius 1 is 1.25 bits per heavy atom. The van der Waals surface area contributed by atoms with E-state index < -0.39 is 0 Å². The summed E-state index contributed by atoms with van der Waals surface area (Å²) in [5, 5.41) is 9.46. The van der Waals surface area contributed by atoms with Gasteiger partial charge in [-0.3, -0.25) is 14.2 Å². The van der Waals surface area contributed by atoms with Crippen molar-refractivity contribution in [1.82, 2.24) is 24.6 Å². The molecule has 0 bridgehead atoms. The van der Waals surface area contributed by atoms with Gasteiger partial charge in [-0.1, -0.05) is 35.9 Å². The van der Waals surface area contributed by atoms with Crippen molar-refractivity contribution < 1.29 is 4.79 Å². The molecule has 4 rings (SSSR count). The Balaban J connectivity index is 1.48. The lowest BCUT2D eigenvalue weighted by atomic mass is 10.1. The molecule has 1 amide bonds. The van der Waals surface area contributed by atoms with E-state index in [9.17, 15) is 9.59 Å². The van der Waals surface area contributed by atoms with Crippen LogP contribution < -0.4 is 10.9 Å². The van der Waals surface area contributed by atoms with E-state index in [0.29, 0.717) is 35.5 Å². The monoisotopic (exact) mass is 393 g/mol. The average Bonchev–Trinajstić information content (AvgIpc) is 3.35. The second-order valence-electron chi connectivity index (χ2n) is 6.50. The molecule has 0 unspecified atom stereocenters. The predicted molar refractivity (Wildman–Crippen MR) is 109 cm³/mol. The Hall–Kier alpha value is -3.26. The van der Waals surface area contributed by atoms with Crippen LogP contribution in [0, 0.1) is 6.92 Å². The third-order valence-electron chi connectivity index (χ3n) is 4.41. The zero-order chi connectivity index (χ0) is 19.5. The minimum Gasteiger partial charge on any atom is -0.349 e. The minimum absolute atomic E-state index is 0.111. The molecule has 1 N–H and O–H groups in total. The highest BCUT2D eigenvalue weighted by atomic mass is 32.1. The van der Waals surface area contributed by atoms with Crippen LogP contribution in [0.3, 0.4) is 0 Å². The Morgan fingerprint density at radius 3 is 2.93 bits per heavy atom. The number of nitrogens with zero attached hydrogens (tertiary/aromatic N) is 4. The van der Waals surface area contributed by atoms with E-state index in [0.717, 1.165) is 11.1 Å². The number of amides is 1. The third-order valence-corrected chi connectivity index (χ3v) is 5.28. The topological polar surface area (TPSA) is 81.8 Å². The van der Waals surface area contributed by atoms with E-state index in [2.05, 4.69) is 21.5 Å². The highest BCUT2D eigenvalue weighted by Gasteiger charge is 2.11. The molecule has 1 aromatic carbocycles. The van der Waals surface area contributed by atoms with Crippen molar-refractivity contribution in [3.05, 3.63) is 80.7 Å². The number of hydrogen-bond donors (Lipinski definition) is 1. The quantitative estimate of drug-likeness (QED) is 0.546. The number of nitrogens with one attached hydrogen (secondary N) is 1. The number of hydrogen-bond acceptors (Lipinski definition) is 5. The predicted octanol–water partition coefficient (Wildman–Crippen LogP) is 2.44. The van der Waals surface area contributed by atoms with Gasteiger partial charge in [0, 0.05) is 6.54 Å².